The molecule has 0 fully saturated rings. The Morgan fingerprint density at radius 3 is 2.55 bits per heavy atom. The Labute approximate surface area is 184 Å². The molecule has 6 nitrogen and oxygen atoms in total. The number of halogens is 6. The predicted octanol–water partition coefficient (Wildman–Crippen LogP) is 4.27. The van der Waals surface area contributed by atoms with Crippen molar-refractivity contribution in [3.05, 3.63) is 57.3 Å². The molecule has 2 aromatic rings. The molecule has 12 heteroatoms. The van der Waals surface area contributed by atoms with E-state index in [1.165, 1.54) is 25.3 Å². The Bertz CT molecular complexity index is 1080. The number of ketones is 1. The number of nitrogens with zero attached hydrogens (tertiary/aromatic N) is 3. The highest BCUT2D eigenvalue weighted by atomic mass is 35.5. The summed E-state index contributed by atoms with van der Waals surface area (Å²) in [6, 6.07) is 3.65. The number of rotatable bonds is 4. The van der Waals surface area contributed by atoms with Gasteiger partial charge in [-0.15, -0.1) is 0 Å². The van der Waals surface area contributed by atoms with E-state index < -0.39 is 41.4 Å². The van der Waals surface area contributed by atoms with E-state index in [1.54, 1.807) is 0 Å². The fourth-order valence-electron chi connectivity index (χ4n) is 2.94. The third kappa shape index (κ3) is 4.37. The van der Waals surface area contributed by atoms with Gasteiger partial charge in [0.1, 0.15) is 28.6 Å². The minimum atomic E-state index is -4.81. The second-order valence-electron chi connectivity index (χ2n) is 7.31. The van der Waals surface area contributed by atoms with Gasteiger partial charge in [0.25, 0.3) is 0 Å². The van der Waals surface area contributed by atoms with Crippen LogP contribution in [0, 0.1) is 5.82 Å². The van der Waals surface area contributed by atoms with Crippen LogP contribution in [0.3, 0.4) is 0 Å². The molecule has 0 amide bonds. The third-order valence-corrected chi connectivity index (χ3v) is 5.36. The first-order chi connectivity index (χ1) is 14.3. The molecule has 1 aliphatic heterocycles. The molecule has 0 radical (unpaired) electrons. The van der Waals surface area contributed by atoms with Crippen LogP contribution in [0.2, 0.25) is 10.0 Å². The highest BCUT2D eigenvalue weighted by Gasteiger charge is 2.59. The number of carbonyl (C=O) groups is 1. The fraction of sp³-hybridized carbons (Fsp3) is 0.368. The molecule has 0 saturated heterocycles. The number of carbonyl (C=O) groups excluding carboxylic acids is 1. The van der Waals surface area contributed by atoms with Gasteiger partial charge in [-0.2, -0.15) is 13.2 Å². The van der Waals surface area contributed by atoms with E-state index in [-0.39, 0.29) is 33.5 Å². The summed E-state index contributed by atoms with van der Waals surface area (Å²) in [5, 5.41) is 0.284. The van der Waals surface area contributed by atoms with Crippen molar-refractivity contribution in [3.63, 3.8) is 0 Å². The topological polar surface area (TPSA) is 90.5 Å². The molecule has 31 heavy (non-hydrogen) atoms. The number of alkyl halides is 3. The van der Waals surface area contributed by atoms with Crippen LogP contribution in [0.15, 0.2) is 29.4 Å². The van der Waals surface area contributed by atoms with Crippen molar-refractivity contribution >= 4 is 34.8 Å². The first-order valence-electron chi connectivity index (χ1n) is 8.83. The van der Waals surface area contributed by atoms with E-state index in [0.717, 1.165) is 13.0 Å². The van der Waals surface area contributed by atoms with E-state index in [0.29, 0.717) is 0 Å². The van der Waals surface area contributed by atoms with Gasteiger partial charge in [-0.25, -0.2) is 9.37 Å². The van der Waals surface area contributed by atoms with Crippen LogP contribution in [0.25, 0.3) is 0 Å². The number of amidine groups is 1. The zero-order chi connectivity index (χ0) is 23.2. The van der Waals surface area contributed by atoms with E-state index >= 15 is 0 Å². The second-order valence-corrected chi connectivity index (χ2v) is 8.15. The van der Waals surface area contributed by atoms with Crippen molar-refractivity contribution in [2.24, 2.45) is 10.7 Å². The van der Waals surface area contributed by atoms with E-state index in [4.69, 9.17) is 33.7 Å². The van der Waals surface area contributed by atoms with Crippen molar-refractivity contribution in [1.29, 1.82) is 0 Å². The standard InChI is InChI=1S/C19H16Cl2F4N4O2/c1-17(8-31-18(2,16(26)29-17)19(23,24)25)15-12(22)4-3-10(28-15)6-13(30)14-11(21)5-9(20)7-27-14/h3-5,7H,6,8H2,1-2H3,(H2,26,29)/t17-,18+/m0/s1. The van der Waals surface area contributed by atoms with Crippen LogP contribution in [-0.2, 0) is 16.7 Å². The largest absolute Gasteiger partial charge is 0.424 e. The summed E-state index contributed by atoms with van der Waals surface area (Å²) in [6.07, 6.45) is -3.86. The van der Waals surface area contributed by atoms with Crippen molar-refractivity contribution < 1.29 is 27.1 Å². The van der Waals surface area contributed by atoms with Gasteiger partial charge in [0.15, 0.2) is 5.78 Å². The molecule has 166 valence electrons. The van der Waals surface area contributed by atoms with Gasteiger partial charge in [0.05, 0.1) is 23.1 Å². The summed E-state index contributed by atoms with van der Waals surface area (Å²) < 4.78 is 59.4. The van der Waals surface area contributed by atoms with Gasteiger partial charge in [0.2, 0.25) is 5.60 Å². The van der Waals surface area contributed by atoms with Crippen molar-refractivity contribution in [3.8, 4) is 0 Å². The molecule has 0 unspecified atom stereocenters. The number of ether oxygens (including phenoxy) is 1. The molecule has 2 aromatic heterocycles. The maximum Gasteiger partial charge on any atom is 0.424 e. The van der Waals surface area contributed by atoms with Gasteiger partial charge in [-0.1, -0.05) is 23.2 Å². The Hall–Kier alpha value is -2.30. The van der Waals surface area contributed by atoms with Crippen molar-refractivity contribution in [2.45, 2.75) is 37.6 Å². The zero-order valence-electron chi connectivity index (χ0n) is 16.2. The average molecular weight is 479 g/mol. The lowest BCUT2D eigenvalue weighted by molar-refractivity contribution is -0.249. The molecule has 2 atom stereocenters. The average Bonchev–Trinajstić information content (AvgIpc) is 2.65. The van der Waals surface area contributed by atoms with Gasteiger partial charge >= 0.3 is 6.18 Å². The maximum absolute atomic E-state index is 14.5. The molecule has 0 aliphatic carbocycles. The summed E-state index contributed by atoms with van der Waals surface area (Å²) in [5.74, 6) is -2.20. The number of aromatic nitrogens is 2. The van der Waals surface area contributed by atoms with Crippen molar-refractivity contribution in [1.82, 2.24) is 9.97 Å². The van der Waals surface area contributed by atoms with Gasteiger partial charge in [-0.3, -0.25) is 14.8 Å². The molecule has 3 rings (SSSR count). The van der Waals surface area contributed by atoms with Gasteiger partial charge in [0, 0.05) is 11.9 Å². The lowest BCUT2D eigenvalue weighted by atomic mass is 9.93. The van der Waals surface area contributed by atoms with Crippen LogP contribution in [-0.4, -0.2) is 40.0 Å². The van der Waals surface area contributed by atoms with E-state index in [9.17, 15) is 22.4 Å². The summed E-state index contributed by atoms with van der Waals surface area (Å²) >= 11 is 11.7. The normalized spacial score (nSPS) is 24.1. The lowest BCUT2D eigenvalue weighted by Gasteiger charge is -2.40. The first-order valence-corrected chi connectivity index (χ1v) is 9.59. The number of hydrogen-bond donors (Lipinski definition) is 1. The molecule has 0 bridgehead atoms. The summed E-state index contributed by atoms with van der Waals surface area (Å²) in [6.45, 7) is 1.45. The number of Topliss-reactive ketones (excluding diaryl/α,β-unsaturated/α-hetero) is 1. The highest BCUT2D eigenvalue weighted by molar-refractivity contribution is 6.36. The van der Waals surface area contributed by atoms with Gasteiger partial charge in [-0.05, 0) is 32.0 Å². The fourth-order valence-corrected chi connectivity index (χ4v) is 3.42. The molecule has 0 saturated carbocycles. The van der Waals surface area contributed by atoms with E-state index in [2.05, 4.69) is 15.0 Å². The molecule has 3 heterocycles. The summed E-state index contributed by atoms with van der Waals surface area (Å²) in [4.78, 5) is 24.4. The highest BCUT2D eigenvalue weighted by Crippen LogP contribution is 2.40. The smallest absolute Gasteiger partial charge is 0.385 e. The molecule has 0 aromatic carbocycles. The van der Waals surface area contributed by atoms with Crippen LogP contribution in [0.5, 0.6) is 0 Å². The lowest BCUT2D eigenvalue weighted by Crippen LogP contribution is -2.60. The molecule has 0 spiro atoms. The number of aliphatic imine (C=N–C) groups is 1. The molecule has 1 aliphatic rings. The maximum atomic E-state index is 14.5. The Kier molecular flexibility index (Phi) is 6.03. The zero-order valence-corrected chi connectivity index (χ0v) is 17.7. The Morgan fingerprint density at radius 2 is 1.97 bits per heavy atom. The molecular formula is C19H16Cl2F4N4O2. The Morgan fingerprint density at radius 1 is 1.29 bits per heavy atom. The van der Waals surface area contributed by atoms with E-state index in [1.807, 2.05) is 0 Å². The number of hydrogen-bond acceptors (Lipinski definition) is 6. The van der Waals surface area contributed by atoms with Crippen LogP contribution in [0.4, 0.5) is 17.6 Å². The van der Waals surface area contributed by atoms with Crippen LogP contribution < -0.4 is 5.73 Å². The minimum Gasteiger partial charge on any atom is -0.385 e. The summed E-state index contributed by atoms with van der Waals surface area (Å²) in [7, 11) is 0. The van der Waals surface area contributed by atoms with Crippen LogP contribution in [0.1, 0.15) is 35.7 Å². The SMILES string of the molecule is C[C@@]1(c2nc(CC(=O)c3ncc(Cl)cc3Cl)ccc2F)CO[C@@](C)(C(F)(F)F)C(N)=N1. The number of pyridine rings is 2. The second kappa shape index (κ2) is 7.99. The number of nitrogens with two attached hydrogens (primary N) is 1. The third-order valence-electron chi connectivity index (χ3n) is 4.87. The van der Waals surface area contributed by atoms with Crippen LogP contribution >= 0.6 is 23.2 Å². The minimum absolute atomic E-state index is 0.0382. The first kappa shape index (κ1) is 23.4. The van der Waals surface area contributed by atoms with Gasteiger partial charge < -0.3 is 10.5 Å². The quantitative estimate of drug-likeness (QED) is 0.523. The van der Waals surface area contributed by atoms with Crippen molar-refractivity contribution in [2.75, 3.05) is 6.61 Å². The Balaban J connectivity index is 1.94. The summed E-state index contributed by atoms with van der Waals surface area (Å²) in [5.41, 5.74) is 0.904. The molecule has 2 N–H and O–H groups in total. The monoisotopic (exact) mass is 478 g/mol. The molecular weight excluding hydrogens is 463 g/mol. The predicted molar refractivity (Wildman–Crippen MR) is 106 cm³/mol.